The predicted molar refractivity (Wildman–Crippen MR) is 92.7 cm³/mol. The van der Waals surface area contributed by atoms with E-state index in [9.17, 15) is 22.8 Å². The second kappa shape index (κ2) is 6.54. The first-order chi connectivity index (χ1) is 13.3. The first-order valence-corrected chi connectivity index (χ1v) is 8.70. The Morgan fingerprint density at radius 2 is 1.57 bits per heavy atom. The van der Waals surface area contributed by atoms with E-state index in [4.69, 9.17) is 9.84 Å². The molecule has 1 N–H and O–H groups in total. The van der Waals surface area contributed by atoms with Gasteiger partial charge in [-0.3, -0.25) is 4.90 Å². The fourth-order valence-corrected chi connectivity index (χ4v) is 3.96. The minimum atomic E-state index is -4.68. The molecule has 1 heterocycles. The molecule has 8 heteroatoms. The highest BCUT2D eigenvalue weighted by Gasteiger charge is 2.59. The maximum atomic E-state index is 12.9. The Kier molecular flexibility index (Phi) is 4.28. The highest BCUT2D eigenvalue weighted by molar-refractivity contribution is 5.83. The maximum absolute atomic E-state index is 12.9. The van der Waals surface area contributed by atoms with Gasteiger partial charge in [-0.2, -0.15) is 13.2 Å². The lowest BCUT2D eigenvalue weighted by molar-refractivity contribution is -0.228. The summed E-state index contributed by atoms with van der Waals surface area (Å²) in [4.78, 5) is 24.1. The van der Waals surface area contributed by atoms with Crippen molar-refractivity contribution in [3.05, 3.63) is 59.7 Å². The highest BCUT2D eigenvalue weighted by Crippen LogP contribution is 2.45. The number of benzene rings is 2. The third kappa shape index (κ3) is 2.89. The molecule has 0 saturated carbocycles. The molecule has 0 bridgehead atoms. The molecule has 4 rings (SSSR count). The molecule has 1 aliphatic heterocycles. The Morgan fingerprint density at radius 1 is 1.04 bits per heavy atom. The van der Waals surface area contributed by atoms with E-state index in [1.165, 1.54) is 0 Å². The van der Waals surface area contributed by atoms with Gasteiger partial charge in [0.15, 0.2) is 0 Å². The number of ether oxygens (including phenoxy) is 1. The predicted octanol–water partition coefficient (Wildman–Crippen LogP) is 3.88. The number of halogens is 3. The van der Waals surface area contributed by atoms with E-state index in [0.29, 0.717) is 4.90 Å². The maximum Gasteiger partial charge on any atom is 0.410 e. The number of fused-ring (bicyclic) bond motifs is 3. The summed E-state index contributed by atoms with van der Waals surface area (Å²) in [5.41, 5.74) is 3.96. The number of carboxylic acids is 1. The van der Waals surface area contributed by atoms with Crippen LogP contribution in [0.5, 0.6) is 0 Å². The van der Waals surface area contributed by atoms with Gasteiger partial charge in [0.2, 0.25) is 0 Å². The summed E-state index contributed by atoms with van der Waals surface area (Å²) in [7, 11) is 0. The summed E-state index contributed by atoms with van der Waals surface area (Å²) in [6, 6.07) is 13.3. The zero-order valence-corrected chi connectivity index (χ0v) is 14.5. The fourth-order valence-electron chi connectivity index (χ4n) is 3.96. The smallest absolute Gasteiger partial charge is 0.410 e. The van der Waals surface area contributed by atoms with E-state index >= 15 is 0 Å². The third-order valence-electron chi connectivity index (χ3n) is 5.35. The Labute approximate surface area is 158 Å². The minimum absolute atomic E-state index is 0.0770. The van der Waals surface area contributed by atoms with Crippen LogP contribution in [0.2, 0.25) is 0 Å². The van der Waals surface area contributed by atoms with Crippen LogP contribution in [-0.4, -0.2) is 47.4 Å². The minimum Gasteiger partial charge on any atom is -0.480 e. The van der Waals surface area contributed by atoms with Crippen molar-refractivity contribution >= 4 is 12.1 Å². The quantitative estimate of drug-likeness (QED) is 0.862. The van der Waals surface area contributed by atoms with Gasteiger partial charge >= 0.3 is 18.2 Å². The molecule has 1 amide bonds. The molecule has 2 aliphatic rings. The van der Waals surface area contributed by atoms with Crippen LogP contribution >= 0.6 is 0 Å². The largest absolute Gasteiger partial charge is 0.480 e. The molecule has 5 nitrogen and oxygen atoms in total. The molecule has 1 saturated heterocycles. The number of hydrogen-bond acceptors (Lipinski definition) is 3. The number of carboxylic acid groups (broad SMARTS) is 1. The lowest BCUT2D eigenvalue weighted by Crippen LogP contribution is -2.66. The van der Waals surface area contributed by atoms with Crippen molar-refractivity contribution < 1.29 is 32.6 Å². The lowest BCUT2D eigenvalue weighted by Gasteiger charge is -2.44. The van der Waals surface area contributed by atoms with Crippen LogP contribution in [0.1, 0.15) is 17.0 Å². The number of nitrogens with zero attached hydrogens (tertiary/aromatic N) is 1. The molecule has 2 aromatic carbocycles. The number of aliphatic carboxylic acids is 1. The molecule has 2 aromatic rings. The summed E-state index contributed by atoms with van der Waals surface area (Å²) in [6.07, 6.45) is -5.72. The monoisotopic (exact) mass is 391 g/mol. The number of carbonyl (C=O) groups excluding carboxylic acids is 1. The van der Waals surface area contributed by atoms with E-state index < -0.39 is 36.7 Å². The number of rotatable bonds is 3. The van der Waals surface area contributed by atoms with E-state index in [0.717, 1.165) is 22.3 Å². The Bertz CT molecular complexity index is 898. The van der Waals surface area contributed by atoms with Crippen molar-refractivity contribution in [1.29, 1.82) is 0 Å². The lowest BCUT2D eigenvalue weighted by atomic mass is 9.88. The van der Waals surface area contributed by atoms with Gasteiger partial charge in [-0.1, -0.05) is 48.5 Å². The van der Waals surface area contributed by atoms with Gasteiger partial charge < -0.3 is 9.84 Å². The normalized spacial score (nSPS) is 20.9. The van der Waals surface area contributed by atoms with Gasteiger partial charge in [0.25, 0.3) is 0 Å². The highest BCUT2D eigenvalue weighted by atomic mass is 19.4. The standard InChI is InChI=1S/C20H16F3NO4/c21-20(22,23)16-9-24(17(16)18(25)26)19(27)28-10-15-13-7-3-1-5-11(13)12-6-2-4-8-14(12)15/h1-8,15-17H,9-10H2,(H,25,26)/t16-,17-/m1/s1. The molecule has 2 atom stereocenters. The molecule has 0 unspecified atom stereocenters. The summed E-state index contributed by atoms with van der Waals surface area (Å²) >= 11 is 0. The zero-order valence-electron chi connectivity index (χ0n) is 14.5. The number of carbonyl (C=O) groups is 2. The van der Waals surface area contributed by atoms with Crippen LogP contribution in [0, 0.1) is 5.92 Å². The zero-order chi connectivity index (χ0) is 20.1. The average Bonchev–Trinajstić information content (AvgIpc) is 2.91. The molecule has 146 valence electrons. The van der Waals surface area contributed by atoms with Crippen molar-refractivity contribution in [2.45, 2.75) is 18.1 Å². The Morgan fingerprint density at radius 3 is 2.07 bits per heavy atom. The van der Waals surface area contributed by atoms with Crippen molar-refractivity contribution in [2.75, 3.05) is 13.2 Å². The molecule has 0 radical (unpaired) electrons. The third-order valence-corrected chi connectivity index (χ3v) is 5.35. The number of amides is 1. The van der Waals surface area contributed by atoms with Crippen molar-refractivity contribution in [1.82, 2.24) is 4.90 Å². The molecule has 28 heavy (non-hydrogen) atoms. The number of alkyl halides is 3. The van der Waals surface area contributed by atoms with Gasteiger partial charge in [-0.05, 0) is 22.3 Å². The molecule has 1 fully saturated rings. The van der Waals surface area contributed by atoms with Crippen LogP contribution in [0.15, 0.2) is 48.5 Å². The summed E-state index contributed by atoms with van der Waals surface area (Å²) in [6.45, 7) is -0.788. The molecule has 0 spiro atoms. The van der Waals surface area contributed by atoms with Crippen LogP contribution in [0.4, 0.5) is 18.0 Å². The van der Waals surface area contributed by atoms with Crippen LogP contribution in [0.25, 0.3) is 11.1 Å². The van der Waals surface area contributed by atoms with Gasteiger partial charge in [0.1, 0.15) is 18.6 Å². The summed E-state index contributed by atoms with van der Waals surface area (Å²) < 4.78 is 43.8. The second-order valence-corrected chi connectivity index (χ2v) is 6.89. The number of likely N-dealkylation sites (tertiary alicyclic amines) is 1. The Balaban J connectivity index is 1.50. The van der Waals surface area contributed by atoms with Crippen molar-refractivity contribution in [3.63, 3.8) is 0 Å². The molecule has 1 aliphatic carbocycles. The number of hydrogen-bond donors (Lipinski definition) is 1. The molecule has 0 aromatic heterocycles. The van der Waals surface area contributed by atoms with Crippen LogP contribution in [0.3, 0.4) is 0 Å². The van der Waals surface area contributed by atoms with Crippen LogP contribution in [-0.2, 0) is 9.53 Å². The average molecular weight is 391 g/mol. The van der Waals surface area contributed by atoms with E-state index in [1.807, 2.05) is 48.5 Å². The molecular weight excluding hydrogens is 375 g/mol. The Hall–Kier alpha value is -3.03. The van der Waals surface area contributed by atoms with Gasteiger partial charge in [-0.25, -0.2) is 9.59 Å². The van der Waals surface area contributed by atoms with Crippen LogP contribution < -0.4 is 0 Å². The topological polar surface area (TPSA) is 66.8 Å². The fraction of sp³-hybridized carbons (Fsp3) is 0.300. The SMILES string of the molecule is O=C(O)[C@H]1[C@H](C(F)(F)F)CN1C(=O)OCC1c2ccccc2-c2ccccc21. The van der Waals surface area contributed by atoms with E-state index in [-0.39, 0.29) is 12.5 Å². The van der Waals surface area contributed by atoms with E-state index in [1.54, 1.807) is 0 Å². The summed E-state index contributed by atoms with van der Waals surface area (Å²) in [5, 5.41) is 9.08. The molecular formula is C20H16F3NO4. The van der Waals surface area contributed by atoms with E-state index in [2.05, 4.69) is 0 Å². The van der Waals surface area contributed by atoms with Crippen molar-refractivity contribution in [2.24, 2.45) is 5.92 Å². The van der Waals surface area contributed by atoms with Crippen molar-refractivity contribution in [3.8, 4) is 11.1 Å². The first kappa shape index (κ1) is 18.3. The first-order valence-electron chi connectivity index (χ1n) is 8.70. The van der Waals surface area contributed by atoms with Gasteiger partial charge in [-0.15, -0.1) is 0 Å². The summed E-state index contributed by atoms with van der Waals surface area (Å²) in [5.74, 6) is -4.02. The van der Waals surface area contributed by atoms with Gasteiger partial charge in [0, 0.05) is 12.5 Å². The van der Waals surface area contributed by atoms with Gasteiger partial charge in [0.05, 0.1) is 0 Å². The second-order valence-electron chi connectivity index (χ2n) is 6.89.